The molecule has 2 heterocycles. The molecule has 0 aromatic heterocycles. The van der Waals surface area contributed by atoms with Gasteiger partial charge in [-0.15, -0.1) is 0 Å². The maximum atomic E-state index is 11.7. The van der Waals surface area contributed by atoms with E-state index in [0.29, 0.717) is 26.2 Å². The smallest absolute Gasteiger partial charge is 0.222 e. The quantitative estimate of drug-likeness (QED) is 0.576. The zero-order chi connectivity index (χ0) is 22.2. The number of hydrogen-bond donors (Lipinski definition) is 1. The number of para-hydroxylation sites is 1. The van der Waals surface area contributed by atoms with E-state index in [1.165, 1.54) is 5.56 Å². The lowest BCUT2D eigenvalue weighted by atomic mass is 9.93. The third kappa shape index (κ3) is 6.47. The van der Waals surface area contributed by atoms with Crippen LogP contribution in [0.4, 0.5) is 0 Å². The largest absolute Gasteiger partial charge is 0.494 e. The molecule has 2 saturated heterocycles. The van der Waals surface area contributed by atoms with Crippen LogP contribution < -0.4 is 9.47 Å². The number of ether oxygens (including phenoxy) is 2. The average Bonchev–Trinajstić information content (AvgIpc) is 3.21. The van der Waals surface area contributed by atoms with Crippen LogP contribution in [0.25, 0.3) is 0 Å². The fourth-order valence-corrected chi connectivity index (χ4v) is 4.57. The van der Waals surface area contributed by atoms with Gasteiger partial charge in [0.25, 0.3) is 0 Å². The Morgan fingerprint density at radius 2 is 1.81 bits per heavy atom. The van der Waals surface area contributed by atoms with Gasteiger partial charge in [-0.05, 0) is 62.1 Å². The minimum absolute atomic E-state index is 0.266. The molecule has 0 spiro atoms. The fraction of sp³-hybridized carbons (Fsp3) is 0.500. The lowest BCUT2D eigenvalue weighted by molar-refractivity contribution is -0.127. The minimum Gasteiger partial charge on any atom is -0.494 e. The van der Waals surface area contributed by atoms with Crippen molar-refractivity contribution in [3.8, 4) is 11.5 Å². The molecule has 0 bridgehead atoms. The van der Waals surface area contributed by atoms with Crippen LogP contribution >= 0.6 is 0 Å². The van der Waals surface area contributed by atoms with Crippen molar-refractivity contribution in [2.45, 2.75) is 44.2 Å². The predicted octanol–water partition coefficient (Wildman–Crippen LogP) is 3.48. The van der Waals surface area contributed by atoms with Crippen molar-refractivity contribution in [2.75, 3.05) is 39.4 Å². The topological polar surface area (TPSA) is 62.2 Å². The number of nitrogens with zero attached hydrogens (tertiary/aromatic N) is 2. The summed E-state index contributed by atoms with van der Waals surface area (Å²) in [4.78, 5) is 15.9. The fourth-order valence-electron chi connectivity index (χ4n) is 4.57. The molecule has 0 radical (unpaired) electrons. The summed E-state index contributed by atoms with van der Waals surface area (Å²) in [7, 11) is 0. The van der Waals surface area contributed by atoms with Gasteiger partial charge in [0, 0.05) is 32.6 Å². The number of benzene rings is 2. The lowest BCUT2D eigenvalue weighted by Gasteiger charge is -2.39. The van der Waals surface area contributed by atoms with Crippen molar-refractivity contribution in [1.82, 2.24) is 9.80 Å². The van der Waals surface area contributed by atoms with Crippen LogP contribution in [0.3, 0.4) is 0 Å². The Labute approximate surface area is 190 Å². The second-order valence-corrected chi connectivity index (χ2v) is 8.97. The first-order valence-electron chi connectivity index (χ1n) is 11.7. The Kier molecular flexibility index (Phi) is 7.66. The number of piperidine rings is 1. The van der Waals surface area contributed by atoms with Crippen LogP contribution in [-0.2, 0) is 11.3 Å². The number of likely N-dealkylation sites (tertiary alicyclic amines) is 2. The SMILES string of the molecule is O=C1CCCN1CCCOc1cccc(CN2CCC[C@@](O)(COc3ccccc3)C2)c1. The Morgan fingerprint density at radius 1 is 0.969 bits per heavy atom. The van der Waals surface area contributed by atoms with E-state index in [1.54, 1.807) is 0 Å². The molecule has 0 aliphatic carbocycles. The standard InChI is InChI=1S/C26H34N2O4/c29-25-12-5-15-28(25)16-7-17-31-24-11-4-8-22(18-24)19-27-14-6-13-26(30,20-27)21-32-23-9-2-1-3-10-23/h1-4,8-11,18,30H,5-7,12-17,19-21H2/t26-/m0/s1. The maximum Gasteiger partial charge on any atom is 0.222 e. The molecule has 2 fully saturated rings. The number of β-amino-alcohol motifs (C(OH)–C–C–N with tert-alkyl or cyclic N) is 1. The molecule has 0 saturated carbocycles. The van der Waals surface area contributed by atoms with Crippen molar-refractivity contribution in [1.29, 1.82) is 0 Å². The van der Waals surface area contributed by atoms with Gasteiger partial charge in [0.1, 0.15) is 23.7 Å². The summed E-state index contributed by atoms with van der Waals surface area (Å²) < 4.78 is 11.8. The number of hydrogen-bond acceptors (Lipinski definition) is 5. The van der Waals surface area contributed by atoms with Gasteiger partial charge in [-0.1, -0.05) is 30.3 Å². The van der Waals surface area contributed by atoms with Crippen LogP contribution in [-0.4, -0.2) is 65.8 Å². The second kappa shape index (κ2) is 10.8. The van der Waals surface area contributed by atoms with Crippen LogP contribution in [0.2, 0.25) is 0 Å². The van der Waals surface area contributed by atoms with Crippen LogP contribution in [0.5, 0.6) is 11.5 Å². The van der Waals surface area contributed by atoms with E-state index in [4.69, 9.17) is 9.47 Å². The zero-order valence-corrected chi connectivity index (χ0v) is 18.7. The third-order valence-electron chi connectivity index (χ3n) is 6.20. The molecule has 6 heteroatoms. The van der Waals surface area contributed by atoms with E-state index in [9.17, 15) is 9.90 Å². The first-order chi connectivity index (χ1) is 15.6. The van der Waals surface area contributed by atoms with Crippen molar-refractivity contribution in [3.05, 3.63) is 60.2 Å². The first kappa shape index (κ1) is 22.6. The molecule has 2 aromatic carbocycles. The highest BCUT2D eigenvalue weighted by Gasteiger charge is 2.34. The Bertz CT molecular complexity index is 875. The van der Waals surface area contributed by atoms with Crippen LogP contribution in [0.15, 0.2) is 54.6 Å². The third-order valence-corrected chi connectivity index (χ3v) is 6.20. The summed E-state index contributed by atoms with van der Waals surface area (Å²) in [6, 6.07) is 17.8. The number of carbonyl (C=O) groups is 1. The predicted molar refractivity (Wildman–Crippen MR) is 124 cm³/mol. The van der Waals surface area contributed by atoms with Crippen molar-refractivity contribution in [3.63, 3.8) is 0 Å². The Hall–Kier alpha value is -2.57. The highest BCUT2D eigenvalue weighted by Crippen LogP contribution is 2.25. The Morgan fingerprint density at radius 3 is 2.62 bits per heavy atom. The van der Waals surface area contributed by atoms with E-state index in [-0.39, 0.29) is 5.91 Å². The first-order valence-corrected chi connectivity index (χ1v) is 11.7. The van der Waals surface area contributed by atoms with Crippen LogP contribution in [0, 0.1) is 0 Å². The van der Waals surface area contributed by atoms with E-state index in [0.717, 1.165) is 63.4 Å². The molecule has 1 atom stereocenters. The monoisotopic (exact) mass is 438 g/mol. The molecule has 172 valence electrons. The van der Waals surface area contributed by atoms with E-state index >= 15 is 0 Å². The summed E-state index contributed by atoms with van der Waals surface area (Å²) >= 11 is 0. The molecule has 32 heavy (non-hydrogen) atoms. The molecule has 6 nitrogen and oxygen atoms in total. The lowest BCUT2D eigenvalue weighted by Crippen LogP contribution is -2.51. The highest BCUT2D eigenvalue weighted by molar-refractivity contribution is 5.77. The maximum absolute atomic E-state index is 11.7. The summed E-state index contributed by atoms with van der Waals surface area (Å²) in [5.41, 5.74) is 0.334. The molecule has 2 aliphatic heterocycles. The van der Waals surface area contributed by atoms with Crippen molar-refractivity contribution in [2.24, 2.45) is 0 Å². The van der Waals surface area contributed by atoms with Crippen molar-refractivity contribution >= 4 is 5.91 Å². The molecule has 4 rings (SSSR count). The van der Waals surface area contributed by atoms with E-state index in [2.05, 4.69) is 17.0 Å². The summed E-state index contributed by atoms with van der Waals surface area (Å²) in [6.45, 7) is 4.89. The molecule has 0 unspecified atom stereocenters. The van der Waals surface area contributed by atoms with Gasteiger partial charge in [-0.3, -0.25) is 9.69 Å². The van der Waals surface area contributed by atoms with Gasteiger partial charge in [0.15, 0.2) is 0 Å². The number of rotatable bonds is 10. The second-order valence-electron chi connectivity index (χ2n) is 8.97. The molecule has 1 N–H and O–H groups in total. The summed E-state index contributed by atoms with van der Waals surface area (Å²) in [6.07, 6.45) is 4.20. The highest BCUT2D eigenvalue weighted by atomic mass is 16.5. The van der Waals surface area contributed by atoms with Crippen molar-refractivity contribution < 1.29 is 19.4 Å². The van der Waals surface area contributed by atoms with Gasteiger partial charge in [0.2, 0.25) is 5.91 Å². The number of carbonyl (C=O) groups excluding carboxylic acids is 1. The van der Waals surface area contributed by atoms with Gasteiger partial charge >= 0.3 is 0 Å². The molecular weight excluding hydrogens is 404 g/mol. The minimum atomic E-state index is -0.838. The van der Waals surface area contributed by atoms with E-state index in [1.807, 2.05) is 47.4 Å². The Balaban J connectivity index is 1.23. The van der Waals surface area contributed by atoms with Crippen LogP contribution in [0.1, 0.15) is 37.7 Å². The normalized spacial score (nSPS) is 21.7. The van der Waals surface area contributed by atoms with Gasteiger partial charge in [-0.2, -0.15) is 0 Å². The molecule has 1 amide bonds. The number of amides is 1. The number of aliphatic hydroxyl groups is 1. The van der Waals surface area contributed by atoms with Gasteiger partial charge < -0.3 is 19.5 Å². The summed E-state index contributed by atoms with van der Waals surface area (Å²) in [5, 5.41) is 11.1. The molecule has 2 aliphatic rings. The average molecular weight is 439 g/mol. The van der Waals surface area contributed by atoms with E-state index < -0.39 is 5.60 Å². The molecular formula is C26H34N2O4. The van der Waals surface area contributed by atoms with Gasteiger partial charge in [0.05, 0.1) is 6.61 Å². The zero-order valence-electron chi connectivity index (χ0n) is 18.7. The van der Waals surface area contributed by atoms with Gasteiger partial charge in [-0.25, -0.2) is 0 Å². The molecule has 2 aromatic rings. The summed E-state index contributed by atoms with van der Waals surface area (Å²) in [5.74, 6) is 1.91.